The van der Waals surface area contributed by atoms with E-state index in [1.54, 1.807) is 6.33 Å². The average Bonchev–Trinajstić information content (AvgIpc) is 3.22. The molecule has 182 valence electrons. The van der Waals surface area contributed by atoms with Crippen molar-refractivity contribution in [3.05, 3.63) is 66.1 Å². The van der Waals surface area contributed by atoms with Crippen LogP contribution >= 0.6 is 0 Å². The van der Waals surface area contributed by atoms with Gasteiger partial charge in [-0.1, -0.05) is 39.0 Å². The quantitative estimate of drug-likeness (QED) is 0.330. The van der Waals surface area contributed by atoms with E-state index >= 15 is 0 Å². The first-order chi connectivity index (χ1) is 16.8. The second-order valence-corrected chi connectivity index (χ2v) is 10.9. The van der Waals surface area contributed by atoms with Crippen LogP contribution in [0.1, 0.15) is 50.9 Å². The van der Waals surface area contributed by atoms with Crippen LogP contribution in [0.15, 0.2) is 54.9 Å². The van der Waals surface area contributed by atoms with Gasteiger partial charge in [0.05, 0.1) is 17.1 Å². The number of likely N-dealkylation sites (tertiary alicyclic amines) is 1. The third-order valence-corrected chi connectivity index (χ3v) is 6.70. The zero-order valence-electron chi connectivity index (χ0n) is 21.5. The first-order valence-electron chi connectivity index (χ1n) is 12.5. The molecular weight excluding hydrogens is 434 g/mol. The van der Waals surface area contributed by atoms with Crippen LogP contribution in [0.3, 0.4) is 0 Å². The Morgan fingerprint density at radius 2 is 1.71 bits per heavy atom. The van der Waals surface area contributed by atoms with Gasteiger partial charge >= 0.3 is 0 Å². The fraction of sp³-hybridized carbons (Fsp3) is 0.414. The van der Waals surface area contributed by atoms with E-state index in [0.29, 0.717) is 11.5 Å². The standard InChI is InChI=1S/C29H35N5O/c1-20-17-22(11-12-25(20)35-24-9-7-6-8-10-24)27-26-21(2)30-19-31-28(26)34(32-27)23-13-15-33(16-14-23)18-29(3,4)5/h6-12,17,19,23H,13-16,18H2,1-5H3. The van der Waals surface area contributed by atoms with Crippen molar-refractivity contribution in [2.75, 3.05) is 19.6 Å². The molecule has 5 rings (SSSR count). The van der Waals surface area contributed by atoms with E-state index in [0.717, 1.165) is 77.5 Å². The van der Waals surface area contributed by atoms with Crippen LogP contribution in [-0.2, 0) is 0 Å². The molecule has 0 atom stereocenters. The van der Waals surface area contributed by atoms with Crippen molar-refractivity contribution in [1.29, 1.82) is 0 Å². The maximum atomic E-state index is 6.10. The Hall–Kier alpha value is -3.25. The summed E-state index contributed by atoms with van der Waals surface area (Å²) in [5.74, 6) is 1.68. The van der Waals surface area contributed by atoms with Crippen LogP contribution in [-0.4, -0.2) is 44.3 Å². The predicted molar refractivity (Wildman–Crippen MR) is 141 cm³/mol. The number of ether oxygens (including phenoxy) is 1. The fourth-order valence-electron chi connectivity index (χ4n) is 5.09. The smallest absolute Gasteiger partial charge is 0.162 e. The number of hydrogen-bond acceptors (Lipinski definition) is 5. The van der Waals surface area contributed by atoms with E-state index in [1.807, 2.05) is 43.3 Å². The van der Waals surface area contributed by atoms with Gasteiger partial charge in [-0.3, -0.25) is 0 Å². The topological polar surface area (TPSA) is 56.1 Å². The molecule has 0 radical (unpaired) electrons. The molecule has 0 unspecified atom stereocenters. The van der Waals surface area contributed by atoms with Gasteiger partial charge in [-0.25, -0.2) is 14.6 Å². The van der Waals surface area contributed by atoms with Gasteiger partial charge in [-0.05, 0) is 68.0 Å². The van der Waals surface area contributed by atoms with Crippen LogP contribution < -0.4 is 4.74 Å². The lowest BCUT2D eigenvalue weighted by Crippen LogP contribution is -2.39. The number of benzene rings is 2. The molecule has 0 amide bonds. The summed E-state index contributed by atoms with van der Waals surface area (Å²) >= 11 is 0. The lowest BCUT2D eigenvalue weighted by molar-refractivity contribution is 0.136. The highest BCUT2D eigenvalue weighted by molar-refractivity contribution is 5.93. The molecule has 2 aromatic heterocycles. The highest BCUT2D eigenvalue weighted by Gasteiger charge is 2.27. The number of aromatic nitrogens is 4. The largest absolute Gasteiger partial charge is 0.457 e. The summed E-state index contributed by atoms with van der Waals surface area (Å²) in [6.45, 7) is 14.4. The molecule has 1 fully saturated rings. The normalized spacial score (nSPS) is 15.6. The average molecular weight is 470 g/mol. The Kier molecular flexibility index (Phi) is 6.32. The summed E-state index contributed by atoms with van der Waals surface area (Å²) < 4.78 is 8.27. The van der Waals surface area contributed by atoms with Gasteiger partial charge in [0.15, 0.2) is 5.65 Å². The number of hydrogen-bond donors (Lipinski definition) is 0. The van der Waals surface area contributed by atoms with E-state index in [4.69, 9.17) is 9.84 Å². The van der Waals surface area contributed by atoms with Gasteiger partial charge in [0.1, 0.15) is 23.5 Å². The van der Waals surface area contributed by atoms with Gasteiger partial charge in [-0.2, -0.15) is 5.10 Å². The van der Waals surface area contributed by atoms with Crippen LogP contribution in [0.4, 0.5) is 0 Å². The zero-order chi connectivity index (χ0) is 24.6. The molecule has 0 saturated carbocycles. The minimum absolute atomic E-state index is 0.316. The van der Waals surface area contributed by atoms with Crippen molar-refractivity contribution >= 4 is 11.0 Å². The van der Waals surface area contributed by atoms with E-state index in [9.17, 15) is 0 Å². The molecule has 6 heteroatoms. The minimum Gasteiger partial charge on any atom is -0.457 e. The second kappa shape index (κ2) is 9.42. The minimum atomic E-state index is 0.316. The SMILES string of the molecule is Cc1cc(-c2nn(C3CCN(CC(C)(C)C)CC3)c3ncnc(C)c23)ccc1Oc1ccccc1. The molecule has 1 saturated heterocycles. The summed E-state index contributed by atoms with van der Waals surface area (Å²) in [4.78, 5) is 11.8. The molecule has 0 bridgehead atoms. The molecule has 2 aromatic carbocycles. The molecule has 0 N–H and O–H groups in total. The Bertz CT molecular complexity index is 1310. The number of fused-ring (bicyclic) bond motifs is 1. The summed E-state index contributed by atoms with van der Waals surface area (Å²) in [6.07, 6.45) is 3.83. The molecule has 1 aliphatic rings. The van der Waals surface area contributed by atoms with Crippen molar-refractivity contribution in [1.82, 2.24) is 24.6 Å². The molecule has 4 aromatic rings. The summed E-state index contributed by atoms with van der Waals surface area (Å²) in [5, 5.41) is 6.20. The number of rotatable bonds is 5. The number of piperidine rings is 1. The lowest BCUT2D eigenvalue weighted by Gasteiger charge is -2.36. The third-order valence-electron chi connectivity index (χ3n) is 6.70. The molecule has 1 aliphatic heterocycles. The molecule has 0 spiro atoms. The lowest BCUT2D eigenvalue weighted by atomic mass is 9.94. The van der Waals surface area contributed by atoms with Gasteiger partial charge in [-0.15, -0.1) is 0 Å². The summed E-state index contributed by atoms with van der Waals surface area (Å²) in [5.41, 5.74) is 5.29. The highest BCUT2D eigenvalue weighted by atomic mass is 16.5. The highest BCUT2D eigenvalue weighted by Crippen LogP contribution is 2.36. The number of aryl methyl sites for hydroxylation is 2. The predicted octanol–water partition coefficient (Wildman–Crippen LogP) is 6.59. The number of para-hydroxylation sites is 1. The third kappa shape index (κ3) is 5.08. The molecule has 3 heterocycles. The van der Waals surface area contributed by atoms with E-state index in [1.165, 1.54) is 0 Å². The molecule has 6 nitrogen and oxygen atoms in total. The first-order valence-corrected chi connectivity index (χ1v) is 12.5. The van der Waals surface area contributed by atoms with Crippen molar-refractivity contribution in [3.8, 4) is 22.8 Å². The monoisotopic (exact) mass is 469 g/mol. The van der Waals surface area contributed by atoms with Crippen LogP contribution in [0.25, 0.3) is 22.3 Å². The zero-order valence-corrected chi connectivity index (χ0v) is 21.5. The Balaban J connectivity index is 1.45. The van der Waals surface area contributed by atoms with E-state index in [2.05, 4.69) is 59.4 Å². The van der Waals surface area contributed by atoms with E-state index in [-0.39, 0.29) is 0 Å². The Labute approximate surface area is 208 Å². The first kappa shape index (κ1) is 23.5. The second-order valence-electron chi connectivity index (χ2n) is 10.9. The van der Waals surface area contributed by atoms with Crippen LogP contribution in [0.5, 0.6) is 11.5 Å². The molecular formula is C29H35N5O. The molecule has 35 heavy (non-hydrogen) atoms. The van der Waals surface area contributed by atoms with Crippen LogP contribution in [0.2, 0.25) is 0 Å². The Morgan fingerprint density at radius 3 is 2.40 bits per heavy atom. The van der Waals surface area contributed by atoms with Gasteiger partial charge in [0, 0.05) is 25.2 Å². The maximum absolute atomic E-state index is 6.10. The fourth-order valence-corrected chi connectivity index (χ4v) is 5.09. The van der Waals surface area contributed by atoms with Crippen molar-refractivity contribution in [3.63, 3.8) is 0 Å². The summed E-state index contributed by atoms with van der Waals surface area (Å²) in [6, 6.07) is 16.5. The van der Waals surface area contributed by atoms with Gasteiger partial charge in [0.2, 0.25) is 0 Å². The number of nitrogens with zero attached hydrogens (tertiary/aromatic N) is 5. The summed E-state index contributed by atoms with van der Waals surface area (Å²) in [7, 11) is 0. The Morgan fingerprint density at radius 1 is 0.971 bits per heavy atom. The molecule has 0 aliphatic carbocycles. The van der Waals surface area contributed by atoms with Crippen molar-refractivity contribution in [2.24, 2.45) is 5.41 Å². The van der Waals surface area contributed by atoms with Crippen molar-refractivity contribution in [2.45, 2.75) is 53.5 Å². The maximum Gasteiger partial charge on any atom is 0.162 e. The van der Waals surface area contributed by atoms with Gasteiger partial charge in [0.25, 0.3) is 0 Å². The van der Waals surface area contributed by atoms with E-state index < -0.39 is 0 Å². The van der Waals surface area contributed by atoms with Crippen molar-refractivity contribution < 1.29 is 4.74 Å². The van der Waals surface area contributed by atoms with Gasteiger partial charge < -0.3 is 9.64 Å². The van der Waals surface area contributed by atoms with Crippen LogP contribution in [0, 0.1) is 19.3 Å².